The quantitative estimate of drug-likeness (QED) is 0.635. The van der Waals surface area contributed by atoms with Gasteiger partial charge in [-0.25, -0.2) is 4.98 Å². The Labute approximate surface area is 92.8 Å². The van der Waals surface area contributed by atoms with Crippen molar-refractivity contribution < 1.29 is 4.74 Å². The standard InChI is InChI=1S/C12H10ClNO/c13-12-10-4-3-8-2-1-7-15-11(8)9(10)5-6-14-12/h3-6H,1-2,7H2. The average molecular weight is 220 g/mol. The first-order chi connectivity index (χ1) is 7.36. The first kappa shape index (κ1) is 8.98. The van der Waals surface area contributed by atoms with Gasteiger partial charge in [0.1, 0.15) is 10.9 Å². The summed E-state index contributed by atoms with van der Waals surface area (Å²) in [5, 5.41) is 2.59. The highest BCUT2D eigenvalue weighted by atomic mass is 35.5. The highest BCUT2D eigenvalue weighted by Crippen LogP contribution is 2.35. The predicted molar refractivity (Wildman–Crippen MR) is 60.6 cm³/mol. The number of pyridine rings is 1. The number of nitrogens with zero attached hydrogens (tertiary/aromatic N) is 1. The summed E-state index contributed by atoms with van der Waals surface area (Å²) in [6.07, 6.45) is 3.91. The van der Waals surface area contributed by atoms with Gasteiger partial charge in [-0.3, -0.25) is 0 Å². The zero-order valence-corrected chi connectivity index (χ0v) is 8.92. The minimum atomic E-state index is 0.546. The highest BCUT2D eigenvalue weighted by Gasteiger charge is 2.14. The maximum atomic E-state index is 6.03. The van der Waals surface area contributed by atoms with Crippen LogP contribution in [-0.2, 0) is 6.42 Å². The van der Waals surface area contributed by atoms with Gasteiger partial charge in [0.25, 0.3) is 0 Å². The second-order valence-electron chi connectivity index (χ2n) is 3.70. The number of benzene rings is 1. The molecule has 0 amide bonds. The molecule has 3 heteroatoms. The average Bonchev–Trinajstić information content (AvgIpc) is 2.29. The van der Waals surface area contributed by atoms with Gasteiger partial charge in [0, 0.05) is 17.0 Å². The van der Waals surface area contributed by atoms with Crippen molar-refractivity contribution in [3.05, 3.63) is 35.1 Å². The zero-order valence-electron chi connectivity index (χ0n) is 8.16. The van der Waals surface area contributed by atoms with Crippen molar-refractivity contribution in [3.8, 4) is 5.75 Å². The Hall–Kier alpha value is -1.28. The number of aryl methyl sites for hydroxylation is 1. The Morgan fingerprint density at radius 3 is 3.07 bits per heavy atom. The molecule has 1 aromatic heterocycles. The third-order valence-corrected chi connectivity index (χ3v) is 3.07. The molecule has 0 bridgehead atoms. The van der Waals surface area contributed by atoms with Crippen LogP contribution in [-0.4, -0.2) is 11.6 Å². The second-order valence-corrected chi connectivity index (χ2v) is 4.06. The van der Waals surface area contributed by atoms with Gasteiger partial charge in [-0.05, 0) is 24.5 Å². The van der Waals surface area contributed by atoms with E-state index >= 15 is 0 Å². The molecule has 2 aromatic rings. The van der Waals surface area contributed by atoms with Crippen molar-refractivity contribution in [2.45, 2.75) is 12.8 Å². The minimum absolute atomic E-state index is 0.546. The van der Waals surface area contributed by atoms with Crippen LogP contribution >= 0.6 is 11.6 Å². The maximum absolute atomic E-state index is 6.03. The molecule has 0 saturated heterocycles. The molecular weight excluding hydrogens is 210 g/mol. The second kappa shape index (κ2) is 3.38. The van der Waals surface area contributed by atoms with Crippen LogP contribution in [0.4, 0.5) is 0 Å². The summed E-state index contributed by atoms with van der Waals surface area (Å²) in [7, 11) is 0. The van der Waals surface area contributed by atoms with Crippen LogP contribution in [0.5, 0.6) is 5.75 Å². The fourth-order valence-corrected chi connectivity index (χ4v) is 2.26. The van der Waals surface area contributed by atoms with Crippen molar-refractivity contribution in [1.82, 2.24) is 4.98 Å². The first-order valence-electron chi connectivity index (χ1n) is 5.05. The van der Waals surface area contributed by atoms with E-state index in [1.165, 1.54) is 5.56 Å². The molecule has 0 atom stereocenters. The molecule has 1 aliphatic rings. The largest absolute Gasteiger partial charge is 0.493 e. The lowest BCUT2D eigenvalue weighted by molar-refractivity contribution is 0.292. The first-order valence-corrected chi connectivity index (χ1v) is 5.43. The Morgan fingerprint density at radius 1 is 1.20 bits per heavy atom. The van der Waals surface area contributed by atoms with Gasteiger partial charge in [-0.15, -0.1) is 0 Å². The van der Waals surface area contributed by atoms with Gasteiger partial charge in [0.2, 0.25) is 0 Å². The monoisotopic (exact) mass is 219 g/mol. The molecule has 76 valence electrons. The van der Waals surface area contributed by atoms with Crippen molar-refractivity contribution in [3.63, 3.8) is 0 Å². The summed E-state index contributed by atoms with van der Waals surface area (Å²) in [6.45, 7) is 0.798. The van der Waals surface area contributed by atoms with Crippen LogP contribution in [0.3, 0.4) is 0 Å². The molecule has 15 heavy (non-hydrogen) atoms. The number of halogens is 1. The van der Waals surface area contributed by atoms with Gasteiger partial charge >= 0.3 is 0 Å². The third-order valence-electron chi connectivity index (χ3n) is 2.77. The fourth-order valence-electron chi connectivity index (χ4n) is 2.04. The van der Waals surface area contributed by atoms with Crippen LogP contribution in [0.15, 0.2) is 24.4 Å². The Kier molecular flexibility index (Phi) is 2.03. The fraction of sp³-hybridized carbons (Fsp3) is 0.250. The van der Waals surface area contributed by atoms with Crippen molar-refractivity contribution in [2.75, 3.05) is 6.61 Å². The third kappa shape index (κ3) is 1.37. The predicted octanol–water partition coefficient (Wildman–Crippen LogP) is 3.21. The summed E-state index contributed by atoms with van der Waals surface area (Å²) in [5.74, 6) is 0.989. The summed E-state index contributed by atoms with van der Waals surface area (Å²) in [5.41, 5.74) is 1.27. The van der Waals surface area contributed by atoms with Gasteiger partial charge in [-0.1, -0.05) is 23.7 Å². The maximum Gasteiger partial charge on any atom is 0.136 e. The molecule has 0 fully saturated rings. The Bertz CT molecular complexity index is 524. The molecule has 1 aromatic carbocycles. The summed E-state index contributed by atoms with van der Waals surface area (Å²) >= 11 is 6.03. The van der Waals surface area contributed by atoms with Gasteiger partial charge < -0.3 is 4.74 Å². The molecular formula is C12H10ClNO. The van der Waals surface area contributed by atoms with E-state index in [-0.39, 0.29) is 0 Å². The minimum Gasteiger partial charge on any atom is -0.493 e. The van der Waals surface area contributed by atoms with Gasteiger partial charge in [-0.2, -0.15) is 0 Å². The Balaban J connectivity index is 2.36. The van der Waals surface area contributed by atoms with Crippen LogP contribution in [0, 0.1) is 0 Å². The van der Waals surface area contributed by atoms with E-state index < -0.39 is 0 Å². The van der Waals surface area contributed by atoms with Crippen LogP contribution < -0.4 is 4.74 Å². The van der Waals surface area contributed by atoms with E-state index in [2.05, 4.69) is 11.1 Å². The van der Waals surface area contributed by atoms with Gasteiger partial charge in [0.15, 0.2) is 0 Å². The number of aromatic nitrogens is 1. The highest BCUT2D eigenvalue weighted by molar-refractivity contribution is 6.34. The van der Waals surface area contributed by atoms with E-state index in [4.69, 9.17) is 16.3 Å². The van der Waals surface area contributed by atoms with Crippen LogP contribution in [0.2, 0.25) is 5.15 Å². The number of fused-ring (bicyclic) bond motifs is 3. The van der Waals surface area contributed by atoms with Crippen molar-refractivity contribution in [1.29, 1.82) is 0 Å². The molecule has 0 spiro atoms. The molecule has 2 nitrogen and oxygen atoms in total. The van der Waals surface area contributed by atoms with E-state index in [1.807, 2.05) is 12.1 Å². The van der Waals surface area contributed by atoms with Crippen molar-refractivity contribution in [2.24, 2.45) is 0 Å². The molecule has 0 unspecified atom stereocenters. The number of hydrogen-bond acceptors (Lipinski definition) is 2. The lowest BCUT2D eigenvalue weighted by atomic mass is 10.0. The van der Waals surface area contributed by atoms with Crippen molar-refractivity contribution >= 4 is 22.4 Å². The van der Waals surface area contributed by atoms with Crippen LogP contribution in [0.1, 0.15) is 12.0 Å². The molecule has 3 rings (SSSR count). The lowest BCUT2D eigenvalue weighted by Crippen LogP contribution is -2.08. The summed E-state index contributed by atoms with van der Waals surface area (Å²) in [4.78, 5) is 4.07. The summed E-state index contributed by atoms with van der Waals surface area (Å²) in [6, 6.07) is 6.08. The lowest BCUT2D eigenvalue weighted by Gasteiger charge is -2.19. The van der Waals surface area contributed by atoms with Gasteiger partial charge in [0.05, 0.1) is 6.61 Å². The van der Waals surface area contributed by atoms with E-state index in [1.54, 1.807) is 6.20 Å². The molecule has 0 aliphatic carbocycles. The molecule has 0 N–H and O–H groups in total. The zero-order chi connectivity index (χ0) is 10.3. The Morgan fingerprint density at radius 2 is 2.13 bits per heavy atom. The topological polar surface area (TPSA) is 22.1 Å². The number of hydrogen-bond donors (Lipinski definition) is 0. The SMILES string of the molecule is Clc1nccc2c3c(ccc12)CCCO3. The molecule has 2 heterocycles. The normalized spacial score (nSPS) is 14.7. The smallest absolute Gasteiger partial charge is 0.136 e. The number of rotatable bonds is 0. The van der Waals surface area contributed by atoms with E-state index in [0.29, 0.717) is 5.15 Å². The molecule has 0 radical (unpaired) electrons. The molecule has 0 saturated carbocycles. The van der Waals surface area contributed by atoms with E-state index in [0.717, 1.165) is 36.0 Å². The summed E-state index contributed by atoms with van der Waals surface area (Å²) < 4.78 is 5.71. The number of ether oxygens (including phenoxy) is 1. The van der Waals surface area contributed by atoms with Crippen LogP contribution in [0.25, 0.3) is 10.8 Å². The molecule has 1 aliphatic heterocycles. The van der Waals surface area contributed by atoms with E-state index in [9.17, 15) is 0 Å².